The van der Waals surface area contributed by atoms with Crippen molar-refractivity contribution in [1.29, 1.82) is 0 Å². The van der Waals surface area contributed by atoms with Gasteiger partial charge in [0.1, 0.15) is 19.8 Å². The van der Waals surface area contributed by atoms with Gasteiger partial charge in [-0.2, -0.15) is 0 Å². The van der Waals surface area contributed by atoms with Crippen LogP contribution < -0.4 is 0 Å². The molecule has 2 aliphatic heterocycles. The fourth-order valence-corrected chi connectivity index (χ4v) is 3.39. The van der Waals surface area contributed by atoms with Gasteiger partial charge in [0, 0.05) is 64.9 Å². The molecule has 2 heterocycles. The Kier molecular flexibility index (Phi) is 10.2. The topological polar surface area (TPSA) is 99.7 Å². The number of Topliss-reactive ketones (excluding diaryl/α,β-unsaturated/α-hetero) is 1. The largest absolute Gasteiger partial charge is 0.372 e. The Balaban J connectivity index is 1.67. The number of carbonyl (C=O) groups excluding carboxylic acids is 4. The molecule has 0 spiro atoms. The average Bonchev–Trinajstić information content (AvgIpc) is 2.78. The summed E-state index contributed by atoms with van der Waals surface area (Å²) in [6.45, 7) is 9.87. The van der Waals surface area contributed by atoms with E-state index in [0.29, 0.717) is 59.0 Å². The third kappa shape index (κ3) is 7.77. The molecule has 0 aromatic heterocycles. The fourth-order valence-electron chi connectivity index (χ4n) is 3.39. The smallest absolute Gasteiger partial charge is 0.320 e. The van der Waals surface area contributed by atoms with Crippen molar-refractivity contribution in [2.75, 3.05) is 78.8 Å². The minimum atomic E-state index is -0.166. The third-order valence-electron chi connectivity index (χ3n) is 5.49. The van der Waals surface area contributed by atoms with Crippen LogP contribution in [-0.4, -0.2) is 122 Å². The molecule has 2 fully saturated rings. The predicted octanol–water partition coefficient (Wildman–Crippen LogP) is 0.0631. The van der Waals surface area contributed by atoms with Crippen LogP contribution in [0.15, 0.2) is 0 Å². The maximum Gasteiger partial charge on any atom is 0.320 e. The van der Waals surface area contributed by atoms with Gasteiger partial charge in [-0.1, -0.05) is 20.8 Å². The minimum absolute atomic E-state index is 0.0292. The normalized spacial score (nSPS) is 17.3. The first-order valence-electron chi connectivity index (χ1n) is 11.1. The second-order valence-corrected chi connectivity index (χ2v) is 8.18. The third-order valence-corrected chi connectivity index (χ3v) is 5.49. The summed E-state index contributed by atoms with van der Waals surface area (Å²) >= 11 is 0. The van der Waals surface area contributed by atoms with Crippen LogP contribution in [0, 0.1) is 5.92 Å². The van der Waals surface area contributed by atoms with E-state index in [2.05, 4.69) is 0 Å². The molecular formula is C21H36N4O6. The summed E-state index contributed by atoms with van der Waals surface area (Å²) in [4.78, 5) is 55.6. The standard InChI is InChI=1S/C21H36N4O6/c1-4-13-30-15-19(27)22-5-9-24(10-6-22)21(29)25-11-7-23(8-12-25)20(28)16-31-14-18(26)17(2)3/h17H,4-16H2,1-3H3. The lowest BCUT2D eigenvalue weighted by Gasteiger charge is -2.40. The van der Waals surface area contributed by atoms with E-state index in [0.717, 1.165) is 6.42 Å². The van der Waals surface area contributed by atoms with Crippen molar-refractivity contribution in [1.82, 2.24) is 19.6 Å². The van der Waals surface area contributed by atoms with Crippen LogP contribution in [0.2, 0.25) is 0 Å². The van der Waals surface area contributed by atoms with Crippen molar-refractivity contribution < 1.29 is 28.7 Å². The number of urea groups is 1. The maximum absolute atomic E-state index is 12.8. The van der Waals surface area contributed by atoms with Crippen LogP contribution in [0.4, 0.5) is 4.79 Å². The molecule has 0 radical (unpaired) electrons. The van der Waals surface area contributed by atoms with Crippen molar-refractivity contribution >= 4 is 23.6 Å². The van der Waals surface area contributed by atoms with Crippen LogP contribution in [0.3, 0.4) is 0 Å². The highest BCUT2D eigenvalue weighted by atomic mass is 16.5. The van der Waals surface area contributed by atoms with E-state index in [1.807, 2.05) is 6.92 Å². The molecular weight excluding hydrogens is 404 g/mol. The van der Waals surface area contributed by atoms with Crippen LogP contribution in [0.1, 0.15) is 27.2 Å². The van der Waals surface area contributed by atoms with Gasteiger partial charge in [-0.05, 0) is 6.42 Å². The molecule has 0 bridgehead atoms. The van der Waals surface area contributed by atoms with Gasteiger partial charge in [0.15, 0.2) is 5.78 Å². The van der Waals surface area contributed by atoms with Crippen LogP contribution >= 0.6 is 0 Å². The molecule has 176 valence electrons. The van der Waals surface area contributed by atoms with Gasteiger partial charge in [-0.25, -0.2) is 4.79 Å². The number of nitrogens with zero attached hydrogens (tertiary/aromatic N) is 4. The first-order valence-corrected chi connectivity index (χ1v) is 11.1. The summed E-state index contributed by atoms with van der Waals surface area (Å²) in [6, 6.07) is -0.0554. The van der Waals surface area contributed by atoms with E-state index in [9.17, 15) is 19.2 Å². The highest BCUT2D eigenvalue weighted by Gasteiger charge is 2.30. The van der Waals surface area contributed by atoms with E-state index in [1.165, 1.54) is 0 Å². The first kappa shape index (κ1) is 25.1. The van der Waals surface area contributed by atoms with E-state index in [-0.39, 0.29) is 49.4 Å². The summed E-state index contributed by atoms with van der Waals surface area (Å²) in [6.07, 6.45) is 0.874. The summed E-state index contributed by atoms with van der Waals surface area (Å²) in [5.41, 5.74) is 0. The second-order valence-electron chi connectivity index (χ2n) is 8.18. The molecule has 0 aromatic rings. The molecule has 10 nitrogen and oxygen atoms in total. The Bertz CT molecular complexity index is 625. The molecule has 0 aliphatic carbocycles. The Morgan fingerprint density at radius 1 is 0.677 bits per heavy atom. The Morgan fingerprint density at radius 2 is 1.10 bits per heavy atom. The van der Waals surface area contributed by atoms with E-state index < -0.39 is 0 Å². The summed E-state index contributed by atoms with van der Waals surface area (Å²) in [7, 11) is 0. The number of ether oxygens (including phenoxy) is 2. The molecule has 2 aliphatic rings. The lowest BCUT2D eigenvalue weighted by molar-refractivity contribution is -0.139. The summed E-state index contributed by atoms with van der Waals surface area (Å²) in [5, 5.41) is 0. The number of ketones is 1. The zero-order chi connectivity index (χ0) is 22.8. The molecule has 0 N–H and O–H groups in total. The zero-order valence-electron chi connectivity index (χ0n) is 19.0. The molecule has 2 saturated heterocycles. The SMILES string of the molecule is CCCOCC(=O)N1CCN(C(=O)N2CCN(C(=O)COCC(=O)C(C)C)CC2)CC1. The van der Waals surface area contributed by atoms with Gasteiger partial charge in [0.05, 0.1) is 0 Å². The Morgan fingerprint density at radius 3 is 1.52 bits per heavy atom. The summed E-state index contributed by atoms with van der Waals surface area (Å²) < 4.78 is 10.5. The fraction of sp³-hybridized carbons (Fsp3) is 0.810. The van der Waals surface area contributed by atoms with Crippen molar-refractivity contribution in [3.63, 3.8) is 0 Å². The van der Waals surface area contributed by atoms with Gasteiger partial charge >= 0.3 is 6.03 Å². The van der Waals surface area contributed by atoms with Gasteiger partial charge in [-0.15, -0.1) is 0 Å². The number of rotatable bonds is 9. The highest BCUT2D eigenvalue weighted by molar-refractivity contribution is 5.82. The number of hydrogen-bond acceptors (Lipinski definition) is 6. The number of amides is 4. The zero-order valence-corrected chi connectivity index (χ0v) is 19.0. The van der Waals surface area contributed by atoms with E-state index in [1.54, 1.807) is 33.4 Å². The van der Waals surface area contributed by atoms with Crippen molar-refractivity contribution in [3.05, 3.63) is 0 Å². The molecule has 0 unspecified atom stereocenters. The van der Waals surface area contributed by atoms with Gasteiger partial charge in [0.25, 0.3) is 0 Å². The second kappa shape index (κ2) is 12.6. The van der Waals surface area contributed by atoms with Crippen LogP contribution in [0.5, 0.6) is 0 Å². The maximum atomic E-state index is 12.8. The van der Waals surface area contributed by atoms with Crippen LogP contribution in [-0.2, 0) is 23.9 Å². The molecule has 0 aromatic carbocycles. The van der Waals surface area contributed by atoms with Crippen molar-refractivity contribution in [3.8, 4) is 0 Å². The monoisotopic (exact) mass is 440 g/mol. The predicted molar refractivity (Wildman–Crippen MR) is 113 cm³/mol. The van der Waals surface area contributed by atoms with Crippen molar-refractivity contribution in [2.45, 2.75) is 27.2 Å². The molecule has 2 rings (SSSR count). The molecule has 10 heteroatoms. The average molecular weight is 441 g/mol. The van der Waals surface area contributed by atoms with Gasteiger partial charge < -0.3 is 29.1 Å². The summed E-state index contributed by atoms with van der Waals surface area (Å²) in [5.74, 6) is -0.344. The highest BCUT2D eigenvalue weighted by Crippen LogP contribution is 2.10. The number of hydrogen-bond donors (Lipinski definition) is 0. The first-order chi connectivity index (χ1) is 14.8. The molecule has 4 amide bonds. The minimum Gasteiger partial charge on any atom is -0.372 e. The van der Waals surface area contributed by atoms with Crippen LogP contribution in [0.25, 0.3) is 0 Å². The number of carbonyl (C=O) groups is 4. The number of piperazine rings is 2. The van der Waals surface area contributed by atoms with Crippen molar-refractivity contribution in [2.24, 2.45) is 5.92 Å². The Hall–Kier alpha value is -2.20. The lowest BCUT2D eigenvalue weighted by Crippen LogP contribution is -2.58. The molecule has 0 atom stereocenters. The molecule has 0 saturated carbocycles. The lowest BCUT2D eigenvalue weighted by atomic mass is 10.1. The Labute approximate surface area is 184 Å². The quantitative estimate of drug-likeness (QED) is 0.470. The van der Waals surface area contributed by atoms with Gasteiger partial charge in [-0.3, -0.25) is 14.4 Å². The van der Waals surface area contributed by atoms with Gasteiger partial charge in [0.2, 0.25) is 11.8 Å². The molecule has 31 heavy (non-hydrogen) atoms. The van der Waals surface area contributed by atoms with E-state index >= 15 is 0 Å². The van der Waals surface area contributed by atoms with E-state index in [4.69, 9.17) is 9.47 Å².